The molecular formula is C12H20N2O. The second-order valence-corrected chi connectivity index (χ2v) is 3.17. The number of carbonyl (C=O) groups excluding carboxylic acids is 1. The van der Waals surface area contributed by atoms with Crippen LogP contribution in [0.1, 0.15) is 25.8 Å². The molecule has 0 unspecified atom stereocenters. The maximum absolute atomic E-state index is 10.7. The van der Waals surface area contributed by atoms with Gasteiger partial charge in [-0.2, -0.15) is 0 Å². The molecule has 0 aliphatic carbocycles. The minimum atomic E-state index is -0.126. The lowest BCUT2D eigenvalue weighted by atomic mass is 10.2. The van der Waals surface area contributed by atoms with Gasteiger partial charge >= 0.3 is 0 Å². The molecule has 0 fully saturated rings. The van der Waals surface area contributed by atoms with Gasteiger partial charge in [0.15, 0.2) is 0 Å². The van der Waals surface area contributed by atoms with Gasteiger partial charge in [0.05, 0.1) is 6.54 Å². The molecule has 0 heterocycles. The average Bonchev–Trinajstić information content (AvgIpc) is 2.28. The fraction of sp³-hybridized carbons (Fsp3) is 0.417. The summed E-state index contributed by atoms with van der Waals surface area (Å²) < 4.78 is 0. The monoisotopic (exact) mass is 208 g/mol. The highest BCUT2D eigenvalue weighted by Crippen LogP contribution is 1.96. The van der Waals surface area contributed by atoms with E-state index in [1.54, 1.807) is 0 Å². The third-order valence-electron chi connectivity index (χ3n) is 1.52. The smallest absolute Gasteiger partial charge is 0.234 e. The van der Waals surface area contributed by atoms with E-state index in [9.17, 15) is 4.79 Å². The third-order valence-corrected chi connectivity index (χ3v) is 1.52. The minimum Gasteiger partial charge on any atom is -0.351 e. The van der Waals surface area contributed by atoms with Crippen molar-refractivity contribution in [2.24, 2.45) is 5.73 Å². The lowest BCUT2D eigenvalue weighted by Crippen LogP contribution is -2.29. The molecule has 0 bridgehead atoms. The van der Waals surface area contributed by atoms with Crippen molar-refractivity contribution in [3.05, 3.63) is 35.9 Å². The van der Waals surface area contributed by atoms with Crippen molar-refractivity contribution in [3.8, 4) is 0 Å². The lowest BCUT2D eigenvalue weighted by molar-refractivity contribution is -0.119. The van der Waals surface area contributed by atoms with Gasteiger partial charge in [-0.3, -0.25) is 4.79 Å². The quantitative estimate of drug-likeness (QED) is 0.794. The van der Waals surface area contributed by atoms with Crippen molar-refractivity contribution < 1.29 is 4.79 Å². The molecule has 1 amide bonds. The van der Waals surface area contributed by atoms with Gasteiger partial charge in [0.1, 0.15) is 0 Å². The molecule has 0 radical (unpaired) electrons. The van der Waals surface area contributed by atoms with E-state index in [0.29, 0.717) is 6.54 Å². The summed E-state index contributed by atoms with van der Waals surface area (Å²) in [7, 11) is 0. The minimum absolute atomic E-state index is 0.0484. The number of amides is 1. The first-order valence-corrected chi connectivity index (χ1v) is 5.25. The summed E-state index contributed by atoms with van der Waals surface area (Å²) in [5, 5.41) is 2.68. The van der Waals surface area contributed by atoms with Crippen LogP contribution >= 0.6 is 0 Å². The zero-order chi connectivity index (χ0) is 11.5. The van der Waals surface area contributed by atoms with Crippen molar-refractivity contribution in [3.63, 3.8) is 0 Å². The maximum Gasteiger partial charge on any atom is 0.234 e. The molecular weight excluding hydrogens is 188 g/mol. The van der Waals surface area contributed by atoms with Gasteiger partial charge in [-0.15, -0.1) is 0 Å². The number of nitrogens with two attached hydrogens (primary N) is 1. The number of carbonyl (C=O) groups is 1. The normalized spacial score (nSPS) is 8.73. The molecule has 3 nitrogen and oxygen atoms in total. The zero-order valence-electron chi connectivity index (χ0n) is 9.49. The van der Waals surface area contributed by atoms with Gasteiger partial charge in [-0.1, -0.05) is 50.6 Å². The number of benzene rings is 1. The van der Waals surface area contributed by atoms with Crippen LogP contribution in [0.15, 0.2) is 30.3 Å². The Balaban J connectivity index is 0.000000583. The van der Waals surface area contributed by atoms with Crippen LogP contribution in [0.5, 0.6) is 0 Å². The molecule has 0 saturated carbocycles. The average molecular weight is 208 g/mol. The lowest BCUT2D eigenvalue weighted by Gasteiger charge is -2.02. The molecule has 0 saturated heterocycles. The highest BCUT2D eigenvalue weighted by Gasteiger charge is 1.95. The first-order valence-electron chi connectivity index (χ1n) is 5.25. The number of hydrogen-bond acceptors (Lipinski definition) is 2. The summed E-state index contributed by atoms with van der Waals surface area (Å²) in [4.78, 5) is 10.7. The number of nitrogens with one attached hydrogen (secondary N) is 1. The van der Waals surface area contributed by atoms with Crippen LogP contribution in [0.2, 0.25) is 0 Å². The third kappa shape index (κ3) is 7.70. The Morgan fingerprint density at radius 1 is 1.27 bits per heavy atom. The maximum atomic E-state index is 10.7. The van der Waals surface area contributed by atoms with E-state index in [1.165, 1.54) is 6.42 Å². The van der Waals surface area contributed by atoms with Gasteiger partial charge in [-0.05, 0) is 5.56 Å². The van der Waals surface area contributed by atoms with E-state index in [1.807, 2.05) is 30.3 Å². The number of hydrogen-bond donors (Lipinski definition) is 2. The predicted octanol–water partition coefficient (Wildman–Crippen LogP) is 1.68. The molecule has 0 aromatic heterocycles. The van der Waals surface area contributed by atoms with E-state index >= 15 is 0 Å². The van der Waals surface area contributed by atoms with E-state index < -0.39 is 0 Å². The summed E-state index contributed by atoms with van der Waals surface area (Å²) >= 11 is 0. The fourth-order valence-corrected chi connectivity index (χ4v) is 0.869. The van der Waals surface area contributed by atoms with Gasteiger partial charge in [0.25, 0.3) is 0 Å². The van der Waals surface area contributed by atoms with Crippen LogP contribution < -0.4 is 11.1 Å². The highest BCUT2D eigenvalue weighted by atomic mass is 16.1. The molecule has 0 aliphatic heterocycles. The summed E-state index contributed by atoms with van der Waals surface area (Å²) in [5.74, 6) is -0.126. The Bertz CT molecular complexity index is 260. The molecule has 84 valence electrons. The topological polar surface area (TPSA) is 55.1 Å². The summed E-state index contributed by atoms with van der Waals surface area (Å²) in [5.41, 5.74) is 6.21. The van der Waals surface area contributed by atoms with Crippen molar-refractivity contribution in [2.45, 2.75) is 26.8 Å². The second-order valence-electron chi connectivity index (χ2n) is 3.17. The summed E-state index contributed by atoms with van der Waals surface area (Å²) in [6, 6.07) is 9.72. The molecule has 1 aromatic rings. The fourth-order valence-electron chi connectivity index (χ4n) is 0.869. The van der Waals surface area contributed by atoms with Crippen LogP contribution in [0.3, 0.4) is 0 Å². The second kappa shape index (κ2) is 9.21. The molecule has 15 heavy (non-hydrogen) atoms. The Morgan fingerprint density at radius 3 is 2.27 bits per heavy atom. The first kappa shape index (κ1) is 13.7. The Morgan fingerprint density at radius 2 is 1.80 bits per heavy atom. The number of rotatable bonds is 3. The van der Waals surface area contributed by atoms with E-state index in [4.69, 9.17) is 5.73 Å². The molecule has 3 heteroatoms. The van der Waals surface area contributed by atoms with E-state index in [0.717, 1.165) is 5.56 Å². The van der Waals surface area contributed by atoms with Crippen molar-refractivity contribution in [1.82, 2.24) is 5.32 Å². The standard InChI is InChI=1S/C9H12N2O.C3H8/c10-6-9(12)11-7-8-4-2-1-3-5-8;1-3-2/h1-5H,6-7,10H2,(H,11,12);3H2,1-2H3. The Labute approximate surface area is 91.7 Å². The van der Waals surface area contributed by atoms with Crippen molar-refractivity contribution >= 4 is 5.91 Å². The predicted molar refractivity (Wildman–Crippen MR) is 63.3 cm³/mol. The molecule has 0 aliphatic rings. The van der Waals surface area contributed by atoms with Crippen LogP contribution in [0, 0.1) is 0 Å². The van der Waals surface area contributed by atoms with E-state index in [-0.39, 0.29) is 12.5 Å². The van der Waals surface area contributed by atoms with E-state index in [2.05, 4.69) is 19.2 Å². The molecule has 3 N–H and O–H groups in total. The van der Waals surface area contributed by atoms with Gasteiger partial charge in [0.2, 0.25) is 5.91 Å². The Kier molecular flexibility index (Phi) is 8.39. The summed E-state index contributed by atoms with van der Waals surface area (Å²) in [6.07, 6.45) is 1.25. The largest absolute Gasteiger partial charge is 0.351 e. The molecule has 0 spiro atoms. The zero-order valence-corrected chi connectivity index (χ0v) is 9.49. The van der Waals surface area contributed by atoms with Crippen molar-refractivity contribution in [1.29, 1.82) is 0 Å². The van der Waals surface area contributed by atoms with Gasteiger partial charge in [0, 0.05) is 6.54 Å². The van der Waals surface area contributed by atoms with Crippen LogP contribution in [0.4, 0.5) is 0 Å². The van der Waals surface area contributed by atoms with Crippen LogP contribution in [-0.2, 0) is 11.3 Å². The summed E-state index contributed by atoms with van der Waals surface area (Å²) in [6.45, 7) is 4.85. The Hall–Kier alpha value is -1.35. The van der Waals surface area contributed by atoms with Crippen LogP contribution in [-0.4, -0.2) is 12.5 Å². The van der Waals surface area contributed by atoms with Gasteiger partial charge in [-0.25, -0.2) is 0 Å². The first-order chi connectivity index (χ1) is 7.24. The SMILES string of the molecule is CCC.NCC(=O)NCc1ccccc1. The highest BCUT2D eigenvalue weighted by molar-refractivity contribution is 5.77. The molecule has 1 rings (SSSR count). The molecule has 1 aromatic carbocycles. The van der Waals surface area contributed by atoms with Gasteiger partial charge < -0.3 is 11.1 Å². The van der Waals surface area contributed by atoms with Crippen LogP contribution in [0.25, 0.3) is 0 Å². The molecule has 0 atom stereocenters. The van der Waals surface area contributed by atoms with Crippen molar-refractivity contribution in [2.75, 3.05) is 6.54 Å².